The summed E-state index contributed by atoms with van der Waals surface area (Å²) < 4.78 is 0. The molecule has 0 aromatic carbocycles. The monoisotopic (exact) mass is 134 g/mol. The van der Waals surface area contributed by atoms with Crippen LogP contribution in [0.4, 0.5) is 0 Å². The van der Waals surface area contributed by atoms with E-state index in [1.807, 2.05) is 33.0 Å². The van der Waals surface area contributed by atoms with Gasteiger partial charge >= 0.3 is 0 Å². The quantitative estimate of drug-likeness (QED) is 0.490. The van der Waals surface area contributed by atoms with Crippen LogP contribution >= 0.6 is 0 Å². The van der Waals surface area contributed by atoms with E-state index in [-0.39, 0.29) is 0 Å². The molecule has 1 unspecified atom stereocenters. The van der Waals surface area contributed by atoms with Crippen LogP contribution in [0.25, 0.3) is 0 Å². The smallest absolute Gasteiger partial charge is 0.102 e. The summed E-state index contributed by atoms with van der Waals surface area (Å²) >= 11 is 0. The number of aliphatic hydroxyl groups is 1. The Bertz CT molecular complexity index is 43.6. The number of nitrogens with zero attached hydrogens (tertiary/aromatic N) is 1. The van der Waals surface area contributed by atoms with Crippen LogP contribution in [-0.4, -0.2) is 37.4 Å². The minimum absolute atomic E-state index is 0.616. The first kappa shape index (κ1) is 11.6. The summed E-state index contributed by atoms with van der Waals surface area (Å²) in [5.74, 6) is 0. The fraction of sp³-hybridized carbons (Fsp3) is 1.00. The van der Waals surface area contributed by atoms with Gasteiger partial charge in [-0.25, -0.2) is 0 Å². The number of aliphatic hydroxyl groups excluding tert-OH is 1. The number of hydrogen-bond donors (Lipinski definition) is 2. The molecule has 0 aliphatic rings. The third kappa shape index (κ3) is 77.1. The van der Waals surface area contributed by atoms with Crippen LogP contribution in [0.2, 0.25) is 0 Å². The van der Waals surface area contributed by atoms with Gasteiger partial charge in [-0.1, -0.05) is 6.92 Å². The molecule has 0 heterocycles. The molecule has 0 rings (SSSR count). The summed E-state index contributed by atoms with van der Waals surface area (Å²) in [5.41, 5.74) is 4.85. The van der Waals surface area contributed by atoms with E-state index < -0.39 is 6.23 Å². The zero-order valence-corrected chi connectivity index (χ0v) is 6.76. The molecule has 3 nitrogen and oxygen atoms in total. The van der Waals surface area contributed by atoms with Gasteiger partial charge < -0.3 is 15.7 Å². The van der Waals surface area contributed by atoms with Crippen LogP contribution in [0.3, 0.4) is 0 Å². The lowest BCUT2D eigenvalue weighted by Crippen LogP contribution is -2.16. The highest BCUT2D eigenvalue weighted by Crippen LogP contribution is 1.72. The lowest BCUT2D eigenvalue weighted by molar-refractivity contribution is 0.178. The van der Waals surface area contributed by atoms with Gasteiger partial charge in [0.1, 0.15) is 6.23 Å². The van der Waals surface area contributed by atoms with Crippen LogP contribution < -0.4 is 5.73 Å². The molecule has 0 amide bonds. The number of rotatable bonds is 1. The van der Waals surface area contributed by atoms with Gasteiger partial charge in [-0.2, -0.15) is 0 Å². The summed E-state index contributed by atoms with van der Waals surface area (Å²) in [4.78, 5) is 2.00. The van der Waals surface area contributed by atoms with Gasteiger partial charge in [0, 0.05) is 0 Å². The van der Waals surface area contributed by atoms with Crippen molar-refractivity contribution in [2.75, 3.05) is 21.1 Å². The van der Waals surface area contributed by atoms with Crippen molar-refractivity contribution in [2.45, 2.75) is 19.6 Å². The maximum absolute atomic E-state index is 8.14. The van der Waals surface area contributed by atoms with Crippen molar-refractivity contribution in [1.29, 1.82) is 0 Å². The Labute approximate surface area is 57.5 Å². The Morgan fingerprint density at radius 3 is 1.56 bits per heavy atom. The topological polar surface area (TPSA) is 49.5 Å². The van der Waals surface area contributed by atoms with Crippen molar-refractivity contribution in [3.05, 3.63) is 0 Å². The van der Waals surface area contributed by atoms with E-state index in [1.54, 1.807) is 0 Å². The molecule has 9 heavy (non-hydrogen) atoms. The predicted octanol–water partition coefficient (Wildman–Crippen LogP) is -0.149. The van der Waals surface area contributed by atoms with Gasteiger partial charge in [0.25, 0.3) is 0 Å². The Hall–Kier alpha value is -0.120. The van der Waals surface area contributed by atoms with Crippen molar-refractivity contribution in [3.63, 3.8) is 0 Å². The second-order valence-electron chi connectivity index (χ2n) is 2.32. The van der Waals surface area contributed by atoms with Gasteiger partial charge in [0.2, 0.25) is 0 Å². The SMILES string of the molecule is CCC(N)O.CN(C)C. The fourth-order valence-electron chi connectivity index (χ4n) is 0. The van der Waals surface area contributed by atoms with Crippen molar-refractivity contribution >= 4 is 0 Å². The highest BCUT2D eigenvalue weighted by atomic mass is 16.3. The average Bonchev–Trinajstić information content (AvgIpc) is 1.65. The molecule has 1 atom stereocenters. The van der Waals surface area contributed by atoms with Crippen LogP contribution in [-0.2, 0) is 0 Å². The molecular formula is C6H18N2O. The number of hydrogen-bond acceptors (Lipinski definition) is 3. The van der Waals surface area contributed by atoms with Gasteiger partial charge in [0.05, 0.1) is 0 Å². The average molecular weight is 134 g/mol. The van der Waals surface area contributed by atoms with E-state index in [0.29, 0.717) is 6.42 Å². The Kier molecular flexibility index (Phi) is 10.2. The van der Waals surface area contributed by atoms with Gasteiger partial charge in [0.15, 0.2) is 0 Å². The molecule has 0 bridgehead atoms. The molecule has 0 radical (unpaired) electrons. The van der Waals surface area contributed by atoms with Gasteiger partial charge in [-0.15, -0.1) is 0 Å². The first-order valence-electron chi connectivity index (χ1n) is 3.05. The molecule has 0 aliphatic carbocycles. The lowest BCUT2D eigenvalue weighted by atomic mass is 10.5. The maximum atomic E-state index is 8.14. The van der Waals surface area contributed by atoms with Crippen LogP contribution in [0.5, 0.6) is 0 Å². The Morgan fingerprint density at radius 1 is 1.44 bits per heavy atom. The maximum Gasteiger partial charge on any atom is 0.102 e. The second kappa shape index (κ2) is 7.88. The molecule has 3 N–H and O–H groups in total. The minimum atomic E-state index is -0.616. The number of nitrogens with two attached hydrogens (primary N) is 1. The van der Waals surface area contributed by atoms with Crippen LogP contribution in [0, 0.1) is 0 Å². The molecular weight excluding hydrogens is 116 g/mol. The summed E-state index contributed by atoms with van der Waals surface area (Å²) in [6.07, 6.45) is 0.0231. The van der Waals surface area contributed by atoms with E-state index in [4.69, 9.17) is 10.8 Å². The van der Waals surface area contributed by atoms with E-state index >= 15 is 0 Å². The first-order chi connectivity index (χ1) is 4.00. The standard InChI is InChI=1S/C3H9NO.C3H9N/c1-2-3(4)5;1-4(2)3/h3,5H,2,4H2,1H3;1-3H3. The highest BCUT2D eigenvalue weighted by Gasteiger charge is 1.81. The summed E-state index contributed by atoms with van der Waals surface area (Å²) in [6, 6.07) is 0. The van der Waals surface area contributed by atoms with Crippen LogP contribution in [0.15, 0.2) is 0 Å². The third-order valence-electron chi connectivity index (χ3n) is 0.418. The van der Waals surface area contributed by atoms with Gasteiger partial charge in [-0.05, 0) is 27.6 Å². The zero-order chi connectivity index (χ0) is 7.86. The molecule has 58 valence electrons. The van der Waals surface area contributed by atoms with Crippen LogP contribution in [0.1, 0.15) is 13.3 Å². The van der Waals surface area contributed by atoms with Gasteiger partial charge in [-0.3, -0.25) is 0 Å². The highest BCUT2D eigenvalue weighted by molar-refractivity contribution is 4.31. The largest absolute Gasteiger partial charge is 0.379 e. The molecule has 0 saturated heterocycles. The normalized spacial score (nSPS) is 12.3. The summed E-state index contributed by atoms with van der Waals surface area (Å²) in [6.45, 7) is 1.82. The molecule has 0 aromatic heterocycles. The lowest BCUT2D eigenvalue weighted by Gasteiger charge is -1.91. The Morgan fingerprint density at radius 2 is 1.56 bits per heavy atom. The summed E-state index contributed by atoms with van der Waals surface area (Å²) in [5, 5.41) is 8.14. The first-order valence-corrected chi connectivity index (χ1v) is 3.05. The molecule has 0 aliphatic heterocycles. The predicted molar refractivity (Wildman–Crippen MR) is 40.1 cm³/mol. The van der Waals surface area contributed by atoms with E-state index in [2.05, 4.69) is 0 Å². The summed E-state index contributed by atoms with van der Waals surface area (Å²) in [7, 11) is 6.00. The van der Waals surface area contributed by atoms with Crippen molar-refractivity contribution in [3.8, 4) is 0 Å². The van der Waals surface area contributed by atoms with Crippen molar-refractivity contribution in [1.82, 2.24) is 4.90 Å². The third-order valence-corrected chi connectivity index (χ3v) is 0.418. The molecule has 0 fully saturated rings. The fourth-order valence-corrected chi connectivity index (χ4v) is 0. The van der Waals surface area contributed by atoms with E-state index in [1.165, 1.54) is 0 Å². The van der Waals surface area contributed by atoms with Crippen molar-refractivity contribution in [2.24, 2.45) is 5.73 Å². The van der Waals surface area contributed by atoms with E-state index in [0.717, 1.165) is 0 Å². The Balaban J connectivity index is 0. The molecule has 0 spiro atoms. The minimum Gasteiger partial charge on any atom is -0.379 e. The molecule has 0 aromatic rings. The van der Waals surface area contributed by atoms with E-state index in [9.17, 15) is 0 Å². The van der Waals surface area contributed by atoms with Crippen molar-refractivity contribution < 1.29 is 5.11 Å². The second-order valence-corrected chi connectivity index (χ2v) is 2.32. The molecule has 0 saturated carbocycles. The molecule has 3 heteroatoms. The zero-order valence-electron chi connectivity index (χ0n) is 6.76.